The molecule has 126 valence electrons. The summed E-state index contributed by atoms with van der Waals surface area (Å²) < 4.78 is 4.53. The van der Waals surface area contributed by atoms with E-state index in [2.05, 4.69) is 9.72 Å². The summed E-state index contributed by atoms with van der Waals surface area (Å²) in [5.74, 6) is -0.463. The summed E-state index contributed by atoms with van der Waals surface area (Å²) in [5.41, 5.74) is 2.51. The van der Waals surface area contributed by atoms with Gasteiger partial charge in [0.15, 0.2) is 0 Å². The van der Waals surface area contributed by atoms with Crippen LogP contribution in [0.4, 0.5) is 0 Å². The number of H-pyrrole nitrogens is 1. The zero-order chi connectivity index (χ0) is 17.0. The molecule has 1 aromatic rings. The van der Waals surface area contributed by atoms with E-state index >= 15 is 0 Å². The van der Waals surface area contributed by atoms with Gasteiger partial charge < -0.3 is 19.5 Å². The molecule has 23 heavy (non-hydrogen) atoms. The van der Waals surface area contributed by atoms with Crippen molar-refractivity contribution >= 4 is 17.8 Å². The van der Waals surface area contributed by atoms with Crippen molar-refractivity contribution in [1.29, 1.82) is 0 Å². The molecule has 7 nitrogen and oxygen atoms in total. The summed E-state index contributed by atoms with van der Waals surface area (Å²) in [5, 5.41) is 0. The van der Waals surface area contributed by atoms with Gasteiger partial charge in [-0.1, -0.05) is 0 Å². The Hall–Kier alpha value is -2.31. The van der Waals surface area contributed by atoms with Gasteiger partial charge in [0.05, 0.1) is 19.1 Å². The zero-order valence-corrected chi connectivity index (χ0v) is 13.8. The first kappa shape index (κ1) is 17.1. The SMILES string of the molecule is COC(=O)CCC(=O)N1CCN(C(=O)c2cc(C)[nH]c2C)CC1. The Morgan fingerprint density at radius 2 is 1.70 bits per heavy atom. The number of rotatable bonds is 4. The van der Waals surface area contributed by atoms with Crippen LogP contribution in [0.2, 0.25) is 0 Å². The molecule has 1 fully saturated rings. The fourth-order valence-corrected chi connectivity index (χ4v) is 2.74. The highest BCUT2D eigenvalue weighted by Crippen LogP contribution is 2.14. The van der Waals surface area contributed by atoms with Crippen molar-refractivity contribution in [1.82, 2.24) is 14.8 Å². The number of aromatic nitrogens is 1. The number of esters is 1. The lowest BCUT2D eigenvalue weighted by atomic mass is 10.2. The molecule has 0 aromatic carbocycles. The topological polar surface area (TPSA) is 82.7 Å². The molecule has 0 saturated carbocycles. The van der Waals surface area contributed by atoms with E-state index in [1.54, 1.807) is 9.80 Å². The minimum Gasteiger partial charge on any atom is -0.469 e. The van der Waals surface area contributed by atoms with Crippen molar-refractivity contribution in [2.75, 3.05) is 33.3 Å². The molecule has 1 aliphatic rings. The molecule has 0 spiro atoms. The van der Waals surface area contributed by atoms with Crippen LogP contribution < -0.4 is 0 Å². The molecule has 0 bridgehead atoms. The molecule has 0 unspecified atom stereocenters. The number of aryl methyl sites for hydroxylation is 2. The summed E-state index contributed by atoms with van der Waals surface area (Å²) >= 11 is 0. The maximum Gasteiger partial charge on any atom is 0.306 e. The second-order valence-electron chi connectivity index (χ2n) is 5.74. The van der Waals surface area contributed by atoms with E-state index in [4.69, 9.17) is 0 Å². The number of carbonyl (C=O) groups is 3. The lowest BCUT2D eigenvalue weighted by molar-refractivity contribution is -0.143. The predicted octanol–water partition coefficient (Wildman–Crippen LogP) is 0.869. The number of ether oxygens (including phenoxy) is 1. The maximum atomic E-state index is 12.5. The van der Waals surface area contributed by atoms with Crippen molar-refractivity contribution in [2.45, 2.75) is 26.7 Å². The maximum absolute atomic E-state index is 12.5. The molecular weight excluding hydrogens is 298 g/mol. The largest absolute Gasteiger partial charge is 0.469 e. The van der Waals surface area contributed by atoms with Crippen molar-refractivity contribution in [2.24, 2.45) is 0 Å². The highest BCUT2D eigenvalue weighted by Gasteiger charge is 2.26. The van der Waals surface area contributed by atoms with Crippen molar-refractivity contribution in [3.05, 3.63) is 23.0 Å². The Bertz CT molecular complexity index is 600. The van der Waals surface area contributed by atoms with Crippen LogP contribution >= 0.6 is 0 Å². The Kier molecular flexibility index (Phi) is 5.41. The van der Waals surface area contributed by atoms with Gasteiger partial charge in [0.2, 0.25) is 5.91 Å². The van der Waals surface area contributed by atoms with E-state index in [-0.39, 0.29) is 30.6 Å². The molecule has 1 aliphatic heterocycles. The van der Waals surface area contributed by atoms with Crippen molar-refractivity contribution in [3.63, 3.8) is 0 Å². The standard InChI is InChI=1S/C16H23N3O4/c1-11-10-13(12(2)17-11)16(22)19-8-6-18(7-9-19)14(20)4-5-15(21)23-3/h10,17H,4-9H2,1-3H3. The van der Waals surface area contributed by atoms with Gasteiger partial charge >= 0.3 is 5.97 Å². The molecule has 1 N–H and O–H groups in total. The lowest BCUT2D eigenvalue weighted by Crippen LogP contribution is -2.50. The molecule has 0 aliphatic carbocycles. The molecule has 1 saturated heterocycles. The number of nitrogens with zero attached hydrogens (tertiary/aromatic N) is 2. The summed E-state index contributed by atoms with van der Waals surface area (Å²) in [4.78, 5) is 42.2. The number of piperazine rings is 1. The minimum atomic E-state index is -0.384. The van der Waals surface area contributed by atoms with E-state index < -0.39 is 0 Å². The number of aromatic amines is 1. The second-order valence-corrected chi connectivity index (χ2v) is 5.74. The Morgan fingerprint density at radius 3 is 2.22 bits per heavy atom. The van der Waals surface area contributed by atoms with Crippen LogP contribution in [0.5, 0.6) is 0 Å². The normalized spacial score (nSPS) is 14.7. The molecule has 2 amide bonds. The summed E-state index contributed by atoms with van der Waals surface area (Å²) in [7, 11) is 1.31. The molecule has 0 radical (unpaired) electrons. The first-order valence-electron chi connectivity index (χ1n) is 7.72. The van der Waals surface area contributed by atoms with Gasteiger partial charge in [-0.25, -0.2) is 0 Å². The van der Waals surface area contributed by atoms with E-state index in [0.717, 1.165) is 11.4 Å². The third kappa shape index (κ3) is 4.12. The van der Waals surface area contributed by atoms with Crippen LogP contribution in [0.15, 0.2) is 6.07 Å². The third-order valence-electron chi connectivity index (χ3n) is 4.07. The smallest absolute Gasteiger partial charge is 0.306 e. The van der Waals surface area contributed by atoms with Gasteiger partial charge in [-0.3, -0.25) is 14.4 Å². The second kappa shape index (κ2) is 7.30. The average Bonchev–Trinajstić information content (AvgIpc) is 2.90. The number of methoxy groups -OCH3 is 1. The lowest BCUT2D eigenvalue weighted by Gasteiger charge is -2.34. The first-order valence-corrected chi connectivity index (χ1v) is 7.72. The Morgan fingerprint density at radius 1 is 1.09 bits per heavy atom. The fraction of sp³-hybridized carbons (Fsp3) is 0.562. The molecule has 0 atom stereocenters. The van der Waals surface area contributed by atoms with Gasteiger partial charge in [-0.2, -0.15) is 0 Å². The number of hydrogen-bond donors (Lipinski definition) is 1. The molecule has 1 aromatic heterocycles. The van der Waals surface area contributed by atoms with Gasteiger partial charge in [0.1, 0.15) is 0 Å². The Labute approximate surface area is 135 Å². The third-order valence-corrected chi connectivity index (χ3v) is 4.07. The van der Waals surface area contributed by atoms with Crippen molar-refractivity contribution < 1.29 is 19.1 Å². The summed E-state index contributed by atoms with van der Waals surface area (Å²) in [6, 6.07) is 1.85. The van der Waals surface area contributed by atoms with Crippen LogP contribution in [0.1, 0.15) is 34.6 Å². The van der Waals surface area contributed by atoms with Crippen LogP contribution in [-0.4, -0.2) is 65.9 Å². The van der Waals surface area contributed by atoms with Crippen LogP contribution in [0.3, 0.4) is 0 Å². The number of nitrogens with one attached hydrogen (secondary N) is 1. The monoisotopic (exact) mass is 321 g/mol. The molecule has 7 heteroatoms. The summed E-state index contributed by atoms with van der Waals surface area (Å²) in [6.07, 6.45) is 0.243. The van der Waals surface area contributed by atoms with E-state index in [9.17, 15) is 14.4 Å². The number of carbonyl (C=O) groups excluding carboxylic acids is 3. The number of amides is 2. The van der Waals surface area contributed by atoms with Gasteiger partial charge in [0.25, 0.3) is 5.91 Å². The zero-order valence-electron chi connectivity index (χ0n) is 13.8. The minimum absolute atomic E-state index is 0.00601. The Balaban J connectivity index is 1.86. The van der Waals surface area contributed by atoms with Gasteiger partial charge in [-0.15, -0.1) is 0 Å². The fourth-order valence-electron chi connectivity index (χ4n) is 2.74. The highest BCUT2D eigenvalue weighted by atomic mass is 16.5. The quantitative estimate of drug-likeness (QED) is 0.834. The molecule has 2 heterocycles. The summed E-state index contributed by atoms with van der Waals surface area (Å²) in [6.45, 7) is 5.80. The predicted molar refractivity (Wildman–Crippen MR) is 84.0 cm³/mol. The average molecular weight is 321 g/mol. The first-order chi connectivity index (χ1) is 10.9. The van der Waals surface area contributed by atoms with E-state index in [1.807, 2.05) is 19.9 Å². The van der Waals surface area contributed by atoms with Crippen LogP contribution in [0.25, 0.3) is 0 Å². The van der Waals surface area contributed by atoms with Crippen molar-refractivity contribution in [3.8, 4) is 0 Å². The number of hydrogen-bond acceptors (Lipinski definition) is 4. The highest BCUT2D eigenvalue weighted by molar-refractivity contribution is 5.95. The molecule has 2 rings (SSSR count). The van der Waals surface area contributed by atoms with E-state index in [0.29, 0.717) is 31.7 Å². The van der Waals surface area contributed by atoms with Crippen LogP contribution in [0, 0.1) is 13.8 Å². The van der Waals surface area contributed by atoms with Gasteiger partial charge in [-0.05, 0) is 19.9 Å². The van der Waals surface area contributed by atoms with Gasteiger partial charge in [0, 0.05) is 44.0 Å². The van der Waals surface area contributed by atoms with Crippen LogP contribution in [-0.2, 0) is 14.3 Å². The molecular formula is C16H23N3O4. The van der Waals surface area contributed by atoms with E-state index in [1.165, 1.54) is 7.11 Å².